The average Bonchev–Trinajstić information content (AvgIpc) is 3.17. The van der Waals surface area contributed by atoms with E-state index >= 15 is 0 Å². The van der Waals surface area contributed by atoms with Crippen molar-refractivity contribution in [1.82, 2.24) is 19.7 Å². The van der Waals surface area contributed by atoms with Crippen LogP contribution in [0, 0.1) is 0 Å². The molecule has 8 heteroatoms. The largest absolute Gasteiger partial charge is 0.424 e. The summed E-state index contributed by atoms with van der Waals surface area (Å²) in [4.78, 5) is 17.0. The van der Waals surface area contributed by atoms with Crippen molar-refractivity contribution in [1.29, 1.82) is 0 Å². The lowest BCUT2D eigenvalue weighted by atomic mass is 10.4. The van der Waals surface area contributed by atoms with E-state index < -0.39 is 0 Å². The number of hydrogen-bond acceptors (Lipinski definition) is 7. The summed E-state index contributed by atoms with van der Waals surface area (Å²) in [5, 5.41) is 10.4. The molecule has 0 saturated carbocycles. The number of thioether (sulfide) groups is 1. The van der Waals surface area contributed by atoms with Gasteiger partial charge < -0.3 is 4.42 Å². The maximum absolute atomic E-state index is 12.5. The third-order valence-electron chi connectivity index (χ3n) is 2.98. The fourth-order valence-electron chi connectivity index (χ4n) is 1.94. The second-order valence-electron chi connectivity index (χ2n) is 4.47. The molecule has 3 aromatic heterocycles. The lowest BCUT2D eigenvalue weighted by molar-refractivity contribution is 0.469. The summed E-state index contributed by atoms with van der Waals surface area (Å²) in [6.45, 7) is 6.08. The molecule has 3 aromatic rings. The second kappa shape index (κ2) is 6.45. The zero-order chi connectivity index (χ0) is 15.5. The van der Waals surface area contributed by atoms with Gasteiger partial charge in [-0.3, -0.25) is 9.36 Å². The topological polar surface area (TPSA) is 73.8 Å². The Balaban J connectivity index is 1.92. The Morgan fingerprint density at radius 2 is 2.27 bits per heavy atom. The Kier molecular flexibility index (Phi) is 4.39. The van der Waals surface area contributed by atoms with E-state index in [2.05, 4.69) is 21.8 Å². The summed E-state index contributed by atoms with van der Waals surface area (Å²) in [6, 6.07) is 1.85. The molecule has 114 valence electrons. The predicted molar refractivity (Wildman–Crippen MR) is 87.3 cm³/mol. The van der Waals surface area contributed by atoms with Gasteiger partial charge in [-0.25, -0.2) is 4.98 Å². The van der Waals surface area contributed by atoms with Gasteiger partial charge in [-0.15, -0.1) is 28.1 Å². The average molecular weight is 334 g/mol. The van der Waals surface area contributed by atoms with Gasteiger partial charge in [-0.1, -0.05) is 24.8 Å². The molecule has 0 fully saturated rings. The highest BCUT2D eigenvalue weighted by Gasteiger charge is 2.13. The summed E-state index contributed by atoms with van der Waals surface area (Å²) in [6.07, 6.45) is 2.40. The number of allylic oxidation sites excluding steroid dienone is 1. The van der Waals surface area contributed by atoms with Crippen molar-refractivity contribution in [2.45, 2.75) is 30.8 Å². The summed E-state index contributed by atoms with van der Waals surface area (Å²) < 4.78 is 7.76. The molecule has 0 amide bonds. The fourth-order valence-corrected chi connectivity index (χ4v) is 3.56. The molecule has 0 aliphatic carbocycles. The van der Waals surface area contributed by atoms with E-state index in [0.717, 1.165) is 5.52 Å². The summed E-state index contributed by atoms with van der Waals surface area (Å²) in [5.74, 6) is 1.62. The van der Waals surface area contributed by atoms with Crippen LogP contribution in [0.25, 0.3) is 10.2 Å². The normalized spacial score (nSPS) is 11.1. The van der Waals surface area contributed by atoms with Crippen LogP contribution in [0.2, 0.25) is 0 Å². The van der Waals surface area contributed by atoms with Crippen LogP contribution in [-0.4, -0.2) is 19.7 Å². The van der Waals surface area contributed by atoms with Crippen molar-refractivity contribution < 1.29 is 4.42 Å². The van der Waals surface area contributed by atoms with E-state index in [-0.39, 0.29) is 5.56 Å². The number of aromatic nitrogens is 4. The molecular weight excluding hydrogens is 320 g/mol. The quantitative estimate of drug-likeness (QED) is 0.392. The molecule has 0 saturated heterocycles. The minimum Gasteiger partial charge on any atom is -0.424 e. The third kappa shape index (κ3) is 2.84. The molecule has 0 atom stereocenters. The van der Waals surface area contributed by atoms with Crippen LogP contribution in [-0.2, 0) is 18.7 Å². The van der Waals surface area contributed by atoms with Crippen molar-refractivity contribution in [2.24, 2.45) is 0 Å². The Hall–Kier alpha value is -1.93. The third-order valence-corrected chi connectivity index (χ3v) is 4.83. The van der Waals surface area contributed by atoms with Gasteiger partial charge in [0.25, 0.3) is 5.56 Å². The van der Waals surface area contributed by atoms with E-state index in [9.17, 15) is 4.79 Å². The van der Waals surface area contributed by atoms with Gasteiger partial charge in [-0.2, -0.15) is 0 Å². The van der Waals surface area contributed by atoms with Gasteiger partial charge in [-0.05, 0) is 11.4 Å². The van der Waals surface area contributed by atoms with Gasteiger partial charge in [0, 0.05) is 13.0 Å². The lowest BCUT2D eigenvalue weighted by Crippen LogP contribution is -2.21. The summed E-state index contributed by atoms with van der Waals surface area (Å²) >= 11 is 2.81. The van der Waals surface area contributed by atoms with E-state index in [4.69, 9.17) is 4.42 Å². The van der Waals surface area contributed by atoms with Gasteiger partial charge in [0.05, 0.1) is 11.3 Å². The first-order chi connectivity index (χ1) is 10.7. The zero-order valence-electron chi connectivity index (χ0n) is 12.0. The molecule has 0 spiro atoms. The molecule has 0 aliphatic heterocycles. The first-order valence-corrected chi connectivity index (χ1v) is 8.62. The lowest BCUT2D eigenvalue weighted by Gasteiger charge is -2.08. The highest BCUT2D eigenvalue weighted by atomic mass is 32.2. The molecule has 0 bridgehead atoms. The molecule has 3 rings (SSSR count). The molecule has 6 nitrogen and oxygen atoms in total. The molecule has 0 N–H and O–H groups in total. The Bertz CT molecular complexity index is 865. The van der Waals surface area contributed by atoms with Crippen LogP contribution >= 0.6 is 23.1 Å². The van der Waals surface area contributed by atoms with Crippen molar-refractivity contribution in [3.8, 4) is 0 Å². The van der Waals surface area contributed by atoms with Crippen LogP contribution in [0.15, 0.2) is 38.5 Å². The van der Waals surface area contributed by atoms with E-state index in [1.54, 1.807) is 10.6 Å². The Labute approximate surface area is 134 Å². The minimum atomic E-state index is -0.0397. The maximum atomic E-state index is 12.5. The monoisotopic (exact) mass is 334 g/mol. The number of fused-ring (bicyclic) bond motifs is 1. The first-order valence-electron chi connectivity index (χ1n) is 6.76. The molecule has 22 heavy (non-hydrogen) atoms. The Morgan fingerprint density at radius 3 is 3.00 bits per heavy atom. The number of aryl methyl sites for hydroxylation is 1. The van der Waals surface area contributed by atoms with Crippen LogP contribution < -0.4 is 5.56 Å². The van der Waals surface area contributed by atoms with Crippen molar-refractivity contribution >= 4 is 33.3 Å². The molecule has 0 aliphatic rings. The number of hydrogen-bond donors (Lipinski definition) is 0. The van der Waals surface area contributed by atoms with Crippen molar-refractivity contribution in [2.75, 3.05) is 0 Å². The highest BCUT2D eigenvalue weighted by Crippen LogP contribution is 2.23. The maximum Gasteiger partial charge on any atom is 0.272 e. The van der Waals surface area contributed by atoms with Crippen LogP contribution in [0.3, 0.4) is 0 Å². The number of rotatable bonds is 6. The van der Waals surface area contributed by atoms with E-state index in [1.807, 2.05) is 18.4 Å². The molecule has 3 heterocycles. The highest BCUT2D eigenvalue weighted by molar-refractivity contribution is 7.98. The molecule has 0 aromatic carbocycles. The summed E-state index contributed by atoms with van der Waals surface area (Å²) in [5.41, 5.74) is 0.680. The zero-order valence-corrected chi connectivity index (χ0v) is 13.6. The van der Waals surface area contributed by atoms with Gasteiger partial charge in [0.2, 0.25) is 11.8 Å². The smallest absolute Gasteiger partial charge is 0.272 e. The standard InChI is InChI=1S/C14H14N4O2S2/c1-3-6-18-13(19)12-9(5-7-21-12)15-14(18)22-8-11-17-16-10(4-2)20-11/h3,5,7H,1,4,6,8H2,2H3. The van der Waals surface area contributed by atoms with Crippen LogP contribution in [0.1, 0.15) is 18.7 Å². The van der Waals surface area contributed by atoms with Crippen LogP contribution in [0.5, 0.6) is 0 Å². The van der Waals surface area contributed by atoms with Gasteiger partial charge in [0.1, 0.15) is 4.70 Å². The van der Waals surface area contributed by atoms with E-state index in [1.165, 1.54) is 23.1 Å². The van der Waals surface area contributed by atoms with Crippen LogP contribution in [0.4, 0.5) is 0 Å². The number of nitrogens with zero attached hydrogens (tertiary/aromatic N) is 4. The first kappa shape index (κ1) is 15.0. The van der Waals surface area contributed by atoms with E-state index in [0.29, 0.717) is 40.4 Å². The predicted octanol–water partition coefficient (Wildman–Crippen LogP) is 2.88. The molecule has 0 radical (unpaired) electrons. The minimum absolute atomic E-state index is 0.0397. The Morgan fingerprint density at radius 1 is 1.45 bits per heavy atom. The van der Waals surface area contributed by atoms with Gasteiger partial charge in [0.15, 0.2) is 5.16 Å². The SMILES string of the molecule is C=CCn1c(SCc2nnc(CC)o2)nc2ccsc2c1=O. The molecule has 0 unspecified atom stereocenters. The molecular formula is C14H14N4O2S2. The summed E-state index contributed by atoms with van der Waals surface area (Å²) in [7, 11) is 0. The fraction of sp³-hybridized carbons (Fsp3) is 0.286. The number of thiophene rings is 1. The van der Waals surface area contributed by atoms with Crippen molar-refractivity contribution in [3.05, 3.63) is 46.2 Å². The van der Waals surface area contributed by atoms with Gasteiger partial charge >= 0.3 is 0 Å². The van der Waals surface area contributed by atoms with Crippen molar-refractivity contribution in [3.63, 3.8) is 0 Å². The second-order valence-corrected chi connectivity index (χ2v) is 6.32.